The van der Waals surface area contributed by atoms with Crippen molar-refractivity contribution < 1.29 is 19.2 Å². The summed E-state index contributed by atoms with van der Waals surface area (Å²) in [5.41, 5.74) is 5.23. The van der Waals surface area contributed by atoms with Crippen molar-refractivity contribution in [2.45, 2.75) is 13.3 Å². The average Bonchev–Trinajstić information content (AvgIpc) is 2.72. The van der Waals surface area contributed by atoms with Crippen molar-refractivity contribution in [1.29, 1.82) is 0 Å². The van der Waals surface area contributed by atoms with Crippen LogP contribution in [0.2, 0.25) is 0 Å². The van der Waals surface area contributed by atoms with Crippen LogP contribution in [0.4, 0.5) is 0 Å². The molecular weight excluding hydrogens is 380 g/mol. The molecule has 168 valence electrons. The monoisotopic (exact) mass is 416 g/mol. The van der Waals surface area contributed by atoms with Crippen molar-refractivity contribution in [3.8, 4) is 0 Å². The molecule has 0 saturated carbocycles. The lowest BCUT2D eigenvalue weighted by Crippen LogP contribution is -2.45. The zero-order chi connectivity index (χ0) is 21.7. The number of nitrogens with one attached hydrogen (secondary N) is 7. The molecule has 12 heteroatoms. The maximum atomic E-state index is 11.6. The fourth-order valence-corrected chi connectivity index (χ4v) is 2.03. The number of carbonyl (C=O) groups is 4. The number of carbonyl (C=O) groups excluding carboxylic acids is 4. The van der Waals surface area contributed by atoms with Gasteiger partial charge in [0.2, 0.25) is 0 Å². The fourth-order valence-electron chi connectivity index (χ4n) is 2.03. The highest BCUT2D eigenvalue weighted by Gasteiger charge is 2.12. The van der Waals surface area contributed by atoms with Crippen LogP contribution >= 0.6 is 0 Å². The van der Waals surface area contributed by atoms with Crippen molar-refractivity contribution in [3.63, 3.8) is 0 Å². The number of rotatable bonds is 16. The predicted molar refractivity (Wildman–Crippen MR) is 110 cm³/mol. The lowest BCUT2D eigenvalue weighted by Gasteiger charge is -2.09. The van der Waals surface area contributed by atoms with Crippen molar-refractivity contribution in [3.05, 3.63) is 0 Å². The maximum absolute atomic E-state index is 11.6. The molecule has 0 aromatic rings. The van der Waals surface area contributed by atoms with Crippen molar-refractivity contribution >= 4 is 23.6 Å². The summed E-state index contributed by atoms with van der Waals surface area (Å²) in [5, 5.41) is 19.3. The van der Waals surface area contributed by atoms with Crippen molar-refractivity contribution in [1.82, 2.24) is 37.2 Å². The smallest absolute Gasteiger partial charge is 0.309 e. The number of amides is 4. The van der Waals surface area contributed by atoms with E-state index >= 15 is 0 Å². The minimum atomic E-state index is -0.694. The molecule has 0 atom stereocenters. The van der Waals surface area contributed by atoms with E-state index in [1.54, 1.807) is 0 Å². The minimum absolute atomic E-state index is 0.262. The van der Waals surface area contributed by atoms with E-state index in [1.807, 2.05) is 0 Å². The van der Waals surface area contributed by atoms with Crippen LogP contribution < -0.4 is 43.0 Å². The van der Waals surface area contributed by atoms with Crippen molar-refractivity contribution in [2.75, 3.05) is 72.0 Å². The van der Waals surface area contributed by atoms with Gasteiger partial charge >= 0.3 is 23.6 Å². The third kappa shape index (κ3) is 16.4. The van der Waals surface area contributed by atoms with E-state index in [4.69, 9.17) is 5.73 Å². The van der Waals surface area contributed by atoms with Gasteiger partial charge in [-0.15, -0.1) is 0 Å². The summed E-state index contributed by atoms with van der Waals surface area (Å²) in [6.45, 7) is 7.52. The standard InChI is InChI=1S/C17H36N8O4/c1-2-4-19-8-11-23-16(28)17(29)25-13-10-21-7-6-20-9-12-24-15(27)14(26)22-5-3-18/h19-21H,2-13,18H2,1H3,(H,22,26)(H,23,28)(H,24,27)(H,25,29). The van der Waals surface area contributed by atoms with E-state index in [9.17, 15) is 19.2 Å². The largest absolute Gasteiger partial charge is 0.347 e. The van der Waals surface area contributed by atoms with Gasteiger partial charge in [0.05, 0.1) is 0 Å². The second kappa shape index (κ2) is 19.1. The summed E-state index contributed by atoms with van der Waals surface area (Å²) in [6, 6.07) is 0. The quantitative estimate of drug-likeness (QED) is 0.0917. The Labute approximate surface area is 171 Å². The summed E-state index contributed by atoms with van der Waals surface area (Å²) < 4.78 is 0. The number of hydrogen-bond donors (Lipinski definition) is 8. The van der Waals surface area contributed by atoms with Crippen LogP contribution in [-0.4, -0.2) is 95.6 Å². The Bertz CT molecular complexity index is 490. The first kappa shape index (κ1) is 26.7. The van der Waals surface area contributed by atoms with Gasteiger partial charge in [0.25, 0.3) is 0 Å². The molecule has 0 aliphatic heterocycles. The van der Waals surface area contributed by atoms with E-state index in [0.29, 0.717) is 52.4 Å². The normalized spacial score (nSPS) is 10.3. The van der Waals surface area contributed by atoms with Gasteiger partial charge < -0.3 is 43.0 Å². The fraction of sp³-hybridized carbons (Fsp3) is 0.765. The highest BCUT2D eigenvalue weighted by atomic mass is 16.2. The van der Waals surface area contributed by atoms with Gasteiger partial charge in [-0.3, -0.25) is 19.2 Å². The molecule has 0 radical (unpaired) electrons. The number of hydrogen-bond acceptors (Lipinski definition) is 8. The van der Waals surface area contributed by atoms with Gasteiger partial charge in [-0.1, -0.05) is 6.92 Å². The third-order valence-corrected chi connectivity index (χ3v) is 3.51. The summed E-state index contributed by atoms with van der Waals surface area (Å²) in [4.78, 5) is 45.8. The van der Waals surface area contributed by atoms with Gasteiger partial charge in [-0.05, 0) is 13.0 Å². The molecule has 4 amide bonds. The first-order valence-corrected chi connectivity index (χ1v) is 9.97. The van der Waals surface area contributed by atoms with Gasteiger partial charge in [0.15, 0.2) is 0 Å². The third-order valence-electron chi connectivity index (χ3n) is 3.51. The molecule has 29 heavy (non-hydrogen) atoms. The molecule has 0 aromatic heterocycles. The molecule has 0 rings (SSSR count). The van der Waals surface area contributed by atoms with E-state index < -0.39 is 23.6 Å². The topological polar surface area (TPSA) is 179 Å². The number of nitrogens with two attached hydrogens (primary N) is 1. The molecule has 0 aliphatic carbocycles. The molecule has 0 bridgehead atoms. The Morgan fingerprint density at radius 1 is 0.517 bits per heavy atom. The van der Waals surface area contributed by atoms with Gasteiger partial charge in [0.1, 0.15) is 0 Å². The summed E-state index contributed by atoms with van der Waals surface area (Å²) in [7, 11) is 0. The molecule has 0 fully saturated rings. The molecule has 0 heterocycles. The molecule has 0 spiro atoms. The first-order valence-electron chi connectivity index (χ1n) is 9.97. The zero-order valence-electron chi connectivity index (χ0n) is 17.2. The van der Waals surface area contributed by atoms with Crippen LogP contribution in [0.15, 0.2) is 0 Å². The molecule has 12 nitrogen and oxygen atoms in total. The lowest BCUT2D eigenvalue weighted by atomic mass is 10.4. The Morgan fingerprint density at radius 3 is 1.17 bits per heavy atom. The van der Waals surface area contributed by atoms with E-state index in [2.05, 4.69) is 44.1 Å². The summed E-state index contributed by atoms with van der Waals surface area (Å²) in [5.74, 6) is -2.66. The predicted octanol–water partition coefficient (Wildman–Crippen LogP) is -4.41. The molecular formula is C17H36N8O4. The summed E-state index contributed by atoms with van der Waals surface area (Å²) in [6.07, 6.45) is 1.02. The van der Waals surface area contributed by atoms with Crippen LogP contribution in [0.5, 0.6) is 0 Å². The SMILES string of the molecule is CCCNCCNC(=O)C(=O)NCCNCCNCCNC(=O)C(=O)NCCN. The van der Waals surface area contributed by atoms with Gasteiger partial charge in [0, 0.05) is 65.4 Å². The van der Waals surface area contributed by atoms with Gasteiger partial charge in [-0.25, -0.2) is 0 Å². The van der Waals surface area contributed by atoms with E-state index in [1.165, 1.54) is 0 Å². The molecule has 0 aromatic carbocycles. The highest BCUT2D eigenvalue weighted by molar-refractivity contribution is 6.35. The average molecular weight is 417 g/mol. The molecule has 0 saturated heterocycles. The van der Waals surface area contributed by atoms with Gasteiger partial charge in [-0.2, -0.15) is 0 Å². The van der Waals surface area contributed by atoms with Crippen molar-refractivity contribution in [2.24, 2.45) is 5.73 Å². The van der Waals surface area contributed by atoms with Crippen LogP contribution in [0.1, 0.15) is 13.3 Å². The zero-order valence-corrected chi connectivity index (χ0v) is 17.2. The first-order chi connectivity index (χ1) is 14.0. The molecule has 0 aliphatic rings. The van der Waals surface area contributed by atoms with Crippen LogP contribution in [0.25, 0.3) is 0 Å². The second-order valence-electron chi connectivity index (χ2n) is 6.06. The lowest BCUT2D eigenvalue weighted by molar-refractivity contribution is -0.139. The Morgan fingerprint density at radius 2 is 0.828 bits per heavy atom. The Balaban J connectivity index is 3.46. The Kier molecular flexibility index (Phi) is 17.6. The van der Waals surface area contributed by atoms with E-state index in [0.717, 1.165) is 13.0 Å². The second-order valence-corrected chi connectivity index (χ2v) is 6.06. The molecule has 0 unspecified atom stereocenters. The Hall–Kier alpha value is -2.28. The van der Waals surface area contributed by atoms with Crippen LogP contribution in [0, 0.1) is 0 Å². The maximum Gasteiger partial charge on any atom is 0.309 e. The summed E-state index contributed by atoms with van der Waals surface area (Å²) >= 11 is 0. The van der Waals surface area contributed by atoms with Crippen LogP contribution in [-0.2, 0) is 19.2 Å². The van der Waals surface area contributed by atoms with E-state index in [-0.39, 0.29) is 13.1 Å². The highest BCUT2D eigenvalue weighted by Crippen LogP contribution is 1.72. The van der Waals surface area contributed by atoms with Crippen LogP contribution in [0.3, 0.4) is 0 Å². The molecule has 9 N–H and O–H groups in total. The minimum Gasteiger partial charge on any atom is -0.347 e.